The zero-order valence-corrected chi connectivity index (χ0v) is 32.4. The van der Waals surface area contributed by atoms with Crippen molar-refractivity contribution >= 4 is 0 Å². The first-order valence-electron chi connectivity index (χ1n) is 20.3. The first kappa shape index (κ1) is 38.3. The van der Waals surface area contributed by atoms with Crippen LogP contribution in [0.4, 0.5) is 0 Å². The largest absolute Gasteiger partial charge is 0.491 e. The molecule has 20 atom stereocenters. The number of aliphatic hydroxyl groups is 3. The highest BCUT2D eigenvalue weighted by molar-refractivity contribution is 5.40. The van der Waals surface area contributed by atoms with Crippen LogP contribution in [0, 0.1) is 22.7 Å². The Morgan fingerprint density at radius 1 is 0.796 bits per heavy atom. The highest BCUT2D eigenvalue weighted by atomic mass is 16.8. The van der Waals surface area contributed by atoms with E-state index >= 15 is 0 Å². The average molecular weight is 765 g/mol. The van der Waals surface area contributed by atoms with Gasteiger partial charge in [0.25, 0.3) is 0 Å². The molecule has 0 aromatic rings. The fourth-order valence-corrected chi connectivity index (χ4v) is 11.7. The standard InChI is InChI=1S/C40H60O14/c1-18-31(42)26(44-5)15-29(48-18)53-33-19(2)49-28(14-25(33)41)54-34-20(3)50-38(32(43)35(34)45-6)51-22-9-11-39(4)21(13-22)7-8-23-24(39)10-12-40-17-47-37-30(40)27(16-46-37)52-36(23)40/h7,18-20,22,24-35,37-38,41-43H,8-17H2,1-6H3/t18-,19-,20-,22+,24+,25+,26+,27-,28+,29+,30-,31-,32-,33-,34-,35-,37-,38+,39+,40-/m1/s1. The van der Waals surface area contributed by atoms with Gasteiger partial charge in [-0.05, 0) is 76.2 Å². The molecule has 6 saturated heterocycles. The number of hydrogen-bond acceptors (Lipinski definition) is 14. The Hall–Kier alpha value is -1.24. The topological polar surface area (TPSA) is 162 Å². The van der Waals surface area contributed by atoms with Crippen LogP contribution in [0.15, 0.2) is 23.0 Å². The third-order valence-corrected chi connectivity index (χ3v) is 14.6. The molecule has 14 nitrogen and oxygen atoms in total. The Balaban J connectivity index is 0.812. The van der Waals surface area contributed by atoms with E-state index in [0.717, 1.165) is 38.5 Å². The molecule has 7 fully saturated rings. The van der Waals surface area contributed by atoms with Crippen LogP contribution < -0.4 is 0 Å². The predicted molar refractivity (Wildman–Crippen MR) is 187 cm³/mol. The van der Waals surface area contributed by atoms with Crippen LogP contribution in [0.5, 0.6) is 0 Å². The van der Waals surface area contributed by atoms with Crippen molar-refractivity contribution in [1.29, 1.82) is 0 Å². The van der Waals surface area contributed by atoms with Crippen molar-refractivity contribution in [3.63, 3.8) is 0 Å². The van der Waals surface area contributed by atoms with Gasteiger partial charge in [-0.2, -0.15) is 0 Å². The van der Waals surface area contributed by atoms with Crippen molar-refractivity contribution in [2.45, 2.75) is 177 Å². The van der Waals surface area contributed by atoms with Crippen LogP contribution in [0.25, 0.3) is 0 Å². The zero-order valence-electron chi connectivity index (χ0n) is 32.4. The Morgan fingerprint density at radius 2 is 1.56 bits per heavy atom. The number of allylic oxidation sites excluding steroid dienone is 2. The molecular formula is C40H60O14. The molecule has 3 aliphatic carbocycles. The summed E-state index contributed by atoms with van der Waals surface area (Å²) in [4.78, 5) is 0. The maximum Gasteiger partial charge on any atom is 0.186 e. The summed E-state index contributed by atoms with van der Waals surface area (Å²) in [6, 6.07) is 0. The van der Waals surface area contributed by atoms with E-state index in [0.29, 0.717) is 31.5 Å². The lowest BCUT2D eigenvalue weighted by Crippen LogP contribution is -2.61. The van der Waals surface area contributed by atoms with Crippen LogP contribution in [0.3, 0.4) is 0 Å². The Morgan fingerprint density at radius 3 is 2.33 bits per heavy atom. The monoisotopic (exact) mass is 764 g/mol. The molecule has 304 valence electrons. The number of rotatable bonds is 8. The molecule has 0 unspecified atom stereocenters. The van der Waals surface area contributed by atoms with Crippen molar-refractivity contribution in [2.24, 2.45) is 22.7 Å². The second kappa shape index (κ2) is 14.5. The van der Waals surface area contributed by atoms with Gasteiger partial charge < -0.3 is 67.4 Å². The van der Waals surface area contributed by atoms with Gasteiger partial charge in [0.2, 0.25) is 0 Å². The summed E-state index contributed by atoms with van der Waals surface area (Å²) in [7, 11) is 3.09. The second-order valence-electron chi connectivity index (χ2n) is 17.6. The van der Waals surface area contributed by atoms with Gasteiger partial charge in [-0.3, -0.25) is 0 Å². The van der Waals surface area contributed by atoms with Gasteiger partial charge >= 0.3 is 0 Å². The molecule has 14 heteroatoms. The molecule has 54 heavy (non-hydrogen) atoms. The summed E-state index contributed by atoms with van der Waals surface area (Å²) in [5, 5.41) is 33.1. The molecule has 0 aromatic heterocycles. The number of aliphatic hydroxyl groups excluding tert-OH is 3. The number of fused-ring (bicyclic) bond motifs is 3. The van der Waals surface area contributed by atoms with Gasteiger partial charge in [0.1, 0.15) is 42.4 Å². The normalized spacial score (nSPS) is 54.0. The third kappa shape index (κ3) is 6.17. The lowest BCUT2D eigenvalue weighted by atomic mass is 9.53. The molecule has 6 aliphatic heterocycles. The van der Waals surface area contributed by atoms with E-state index in [-0.39, 0.29) is 35.7 Å². The quantitative estimate of drug-likeness (QED) is 0.310. The molecule has 6 heterocycles. The highest BCUT2D eigenvalue weighted by Crippen LogP contribution is 2.66. The van der Waals surface area contributed by atoms with E-state index < -0.39 is 79.9 Å². The van der Waals surface area contributed by atoms with E-state index in [2.05, 4.69) is 13.0 Å². The van der Waals surface area contributed by atoms with Crippen molar-refractivity contribution in [2.75, 3.05) is 27.4 Å². The summed E-state index contributed by atoms with van der Waals surface area (Å²) < 4.78 is 67.5. The first-order chi connectivity index (χ1) is 25.9. The summed E-state index contributed by atoms with van der Waals surface area (Å²) in [5.74, 6) is 1.97. The summed E-state index contributed by atoms with van der Waals surface area (Å²) in [6.45, 7) is 9.20. The van der Waals surface area contributed by atoms with E-state index in [9.17, 15) is 15.3 Å². The summed E-state index contributed by atoms with van der Waals surface area (Å²) in [6.07, 6.45) is -0.713. The van der Waals surface area contributed by atoms with E-state index in [1.165, 1.54) is 16.9 Å². The van der Waals surface area contributed by atoms with Gasteiger partial charge in [0.05, 0.1) is 61.2 Å². The van der Waals surface area contributed by atoms with Crippen molar-refractivity contribution in [3.8, 4) is 0 Å². The average Bonchev–Trinajstić information content (AvgIpc) is 3.83. The van der Waals surface area contributed by atoms with Gasteiger partial charge in [-0.15, -0.1) is 0 Å². The maximum absolute atomic E-state index is 11.6. The fraction of sp³-hybridized carbons (Fsp3) is 0.900. The second-order valence-corrected chi connectivity index (χ2v) is 17.6. The van der Waals surface area contributed by atoms with Crippen molar-refractivity contribution in [3.05, 3.63) is 23.0 Å². The maximum atomic E-state index is 11.6. The summed E-state index contributed by atoms with van der Waals surface area (Å²) in [5.41, 5.74) is 2.92. The molecule has 1 spiro atoms. The minimum Gasteiger partial charge on any atom is -0.491 e. The molecule has 3 N–H and O–H groups in total. The van der Waals surface area contributed by atoms with E-state index in [1.54, 1.807) is 21.1 Å². The van der Waals surface area contributed by atoms with E-state index in [1.807, 2.05) is 13.8 Å². The highest BCUT2D eigenvalue weighted by Gasteiger charge is 2.68. The minimum absolute atomic E-state index is 0.0219. The molecular weight excluding hydrogens is 704 g/mol. The fourth-order valence-electron chi connectivity index (χ4n) is 11.7. The van der Waals surface area contributed by atoms with Gasteiger partial charge in [-0.1, -0.05) is 18.6 Å². The minimum atomic E-state index is -1.10. The van der Waals surface area contributed by atoms with Crippen LogP contribution in [0.2, 0.25) is 0 Å². The Labute approximate surface area is 317 Å². The van der Waals surface area contributed by atoms with Crippen LogP contribution in [-0.4, -0.2) is 141 Å². The number of hydrogen-bond donors (Lipinski definition) is 3. The van der Waals surface area contributed by atoms with Crippen molar-refractivity contribution < 1.29 is 67.4 Å². The lowest BCUT2D eigenvalue weighted by molar-refractivity contribution is -0.352. The van der Waals surface area contributed by atoms with Gasteiger partial charge in [-0.25, -0.2) is 0 Å². The molecule has 1 saturated carbocycles. The van der Waals surface area contributed by atoms with Crippen LogP contribution in [-0.2, 0) is 52.1 Å². The van der Waals surface area contributed by atoms with Gasteiger partial charge in [0.15, 0.2) is 25.2 Å². The Bertz CT molecular complexity index is 1440. The molecule has 9 aliphatic rings. The SMILES string of the molecule is CO[C@@H]1[C@@H](O)[C@H](O[C@H]2CC[C@@]3(C)C(=CCC4=C5O[C@@H]6CO[C@@H]7OC[C@]5(CC[C@@H]43)[C@@H]76)C2)O[C@H](C)[C@H]1O[C@H]1C[C@H](O)[C@H](O[C@H]2C[C@H](OC)[C@H](O)[C@@H](C)O2)[C@@H](C)O1. The predicted octanol–water partition coefficient (Wildman–Crippen LogP) is 2.84. The first-order valence-corrected chi connectivity index (χ1v) is 20.3. The molecule has 0 bridgehead atoms. The van der Waals surface area contributed by atoms with Crippen LogP contribution in [0.1, 0.15) is 79.1 Å². The molecule has 9 rings (SSSR count). The number of ether oxygens (including phenoxy) is 11. The van der Waals surface area contributed by atoms with Crippen molar-refractivity contribution in [1.82, 2.24) is 0 Å². The molecule has 0 aromatic carbocycles. The van der Waals surface area contributed by atoms with Gasteiger partial charge in [0, 0.05) is 27.1 Å². The van der Waals surface area contributed by atoms with Crippen LogP contribution >= 0.6 is 0 Å². The summed E-state index contributed by atoms with van der Waals surface area (Å²) >= 11 is 0. The lowest BCUT2D eigenvalue weighted by Gasteiger charge is -2.52. The smallest absolute Gasteiger partial charge is 0.186 e. The Kier molecular flexibility index (Phi) is 10.3. The third-order valence-electron chi connectivity index (χ3n) is 14.6. The van der Waals surface area contributed by atoms with E-state index in [4.69, 9.17) is 52.1 Å². The number of methoxy groups -OCH3 is 2. The molecule has 0 radical (unpaired) electrons. The molecule has 0 amide bonds. The zero-order chi connectivity index (χ0) is 37.7.